The van der Waals surface area contributed by atoms with Crippen LogP contribution in [0.2, 0.25) is 0 Å². The molecule has 1 aromatic rings. The monoisotopic (exact) mass is 312 g/mol. The van der Waals surface area contributed by atoms with Crippen LogP contribution in [-0.4, -0.2) is 5.78 Å². The van der Waals surface area contributed by atoms with Gasteiger partial charge in [0.05, 0.1) is 5.92 Å². The second-order valence-electron chi connectivity index (χ2n) is 6.53. The molecule has 0 radical (unpaired) electrons. The number of nitrogens with zero attached hydrogens (tertiary/aromatic N) is 1. The van der Waals surface area contributed by atoms with E-state index in [9.17, 15) is 14.4 Å². The number of rotatable bonds is 1. The molecule has 3 rings (SSSR count). The number of benzene rings is 1. The zero-order valence-corrected chi connectivity index (χ0v) is 13.0. The Hall–Kier alpha value is -2.61. The van der Waals surface area contributed by atoms with Crippen LogP contribution in [0.15, 0.2) is 47.1 Å². The quantitative estimate of drug-likeness (QED) is 0.863. The van der Waals surface area contributed by atoms with E-state index in [2.05, 4.69) is 0 Å². The predicted molar refractivity (Wildman–Crippen MR) is 82.1 cm³/mol. The van der Waals surface area contributed by atoms with E-state index in [4.69, 9.17) is 10.5 Å². The van der Waals surface area contributed by atoms with Crippen LogP contribution in [0.1, 0.15) is 38.2 Å². The average Bonchev–Trinajstić information content (AvgIpc) is 2.50. The summed E-state index contributed by atoms with van der Waals surface area (Å²) < 4.78 is 19.2. The summed E-state index contributed by atoms with van der Waals surface area (Å²) in [5.41, 5.74) is 6.44. The van der Waals surface area contributed by atoms with Gasteiger partial charge in [0.15, 0.2) is 5.78 Å². The first-order valence-corrected chi connectivity index (χ1v) is 7.46. The first kappa shape index (κ1) is 15.3. The molecule has 2 N–H and O–H groups in total. The Kier molecular flexibility index (Phi) is 3.48. The van der Waals surface area contributed by atoms with E-state index >= 15 is 0 Å². The van der Waals surface area contributed by atoms with E-state index in [-0.39, 0.29) is 17.2 Å². The number of hydrogen-bond acceptors (Lipinski definition) is 4. The Bertz CT molecular complexity index is 799. The fourth-order valence-electron chi connectivity index (χ4n) is 3.18. The van der Waals surface area contributed by atoms with E-state index in [0.717, 1.165) is 0 Å². The maximum absolute atomic E-state index is 13.7. The van der Waals surface area contributed by atoms with Crippen molar-refractivity contribution in [1.29, 1.82) is 5.26 Å². The molecule has 5 heteroatoms. The first-order valence-electron chi connectivity index (χ1n) is 7.46. The van der Waals surface area contributed by atoms with E-state index in [1.54, 1.807) is 12.1 Å². The number of nitriles is 1. The van der Waals surface area contributed by atoms with Crippen LogP contribution in [0, 0.1) is 22.6 Å². The number of carbonyl (C=O) groups is 1. The predicted octanol–water partition coefficient (Wildman–Crippen LogP) is 3.28. The van der Waals surface area contributed by atoms with E-state index < -0.39 is 17.2 Å². The summed E-state index contributed by atoms with van der Waals surface area (Å²) in [5, 5.41) is 9.47. The first-order chi connectivity index (χ1) is 10.8. The average molecular weight is 312 g/mol. The molecule has 0 aromatic heterocycles. The standard InChI is InChI=1S/C18H17FN2O2/c1-18(2)7-6-13-15(16(18)22)14(12(9-20)17(21)23-13)10-4-3-5-11(19)8-10/h3-5,8,14H,6-7,21H2,1-2H3. The number of Topliss-reactive ketones (excluding diaryl/α,β-unsaturated/α-hetero) is 1. The molecule has 1 aromatic carbocycles. The summed E-state index contributed by atoms with van der Waals surface area (Å²) in [5.74, 6) is -0.678. The second-order valence-corrected chi connectivity index (χ2v) is 6.53. The molecule has 2 aliphatic rings. The number of halogens is 1. The number of allylic oxidation sites excluding steroid dienone is 3. The topological polar surface area (TPSA) is 76.1 Å². The minimum atomic E-state index is -0.675. The molecular formula is C18H17FN2O2. The lowest BCUT2D eigenvalue weighted by molar-refractivity contribution is -0.125. The summed E-state index contributed by atoms with van der Waals surface area (Å²) in [6.45, 7) is 3.74. The van der Waals surface area contributed by atoms with Crippen molar-refractivity contribution in [3.8, 4) is 6.07 Å². The van der Waals surface area contributed by atoms with Gasteiger partial charge in [0.1, 0.15) is 23.2 Å². The zero-order chi connectivity index (χ0) is 16.8. The Balaban J connectivity index is 2.22. The Morgan fingerprint density at radius 2 is 2.17 bits per heavy atom. The van der Waals surface area contributed by atoms with Crippen molar-refractivity contribution < 1.29 is 13.9 Å². The number of nitrogens with two attached hydrogens (primary N) is 1. The molecule has 1 aliphatic carbocycles. The van der Waals surface area contributed by atoms with Gasteiger partial charge in [0.25, 0.3) is 0 Å². The highest BCUT2D eigenvalue weighted by molar-refractivity contribution is 6.03. The highest BCUT2D eigenvalue weighted by atomic mass is 19.1. The van der Waals surface area contributed by atoms with Gasteiger partial charge in [0.2, 0.25) is 5.88 Å². The lowest BCUT2D eigenvalue weighted by Crippen LogP contribution is -2.36. The van der Waals surface area contributed by atoms with Crippen LogP contribution in [0.5, 0.6) is 0 Å². The second kappa shape index (κ2) is 5.24. The van der Waals surface area contributed by atoms with Gasteiger partial charge in [-0.25, -0.2) is 4.39 Å². The van der Waals surface area contributed by atoms with Gasteiger partial charge in [-0.15, -0.1) is 0 Å². The largest absolute Gasteiger partial charge is 0.444 e. The zero-order valence-electron chi connectivity index (χ0n) is 13.0. The third-order valence-corrected chi connectivity index (χ3v) is 4.52. The SMILES string of the molecule is CC1(C)CCC2=C(C1=O)C(c1cccc(F)c1)C(C#N)=C(N)O2. The molecule has 0 amide bonds. The third kappa shape index (κ3) is 2.40. The van der Waals surface area contributed by atoms with E-state index in [0.29, 0.717) is 29.7 Å². The molecule has 1 atom stereocenters. The lowest BCUT2D eigenvalue weighted by Gasteiger charge is -2.37. The van der Waals surface area contributed by atoms with Gasteiger partial charge in [-0.2, -0.15) is 5.26 Å². The number of ether oxygens (including phenoxy) is 1. The summed E-state index contributed by atoms with van der Waals surface area (Å²) in [4.78, 5) is 12.9. The van der Waals surface area contributed by atoms with Gasteiger partial charge in [-0.05, 0) is 24.1 Å². The van der Waals surface area contributed by atoms with E-state index in [1.807, 2.05) is 19.9 Å². The molecule has 0 bridgehead atoms. The number of ketones is 1. The maximum Gasteiger partial charge on any atom is 0.205 e. The highest BCUT2D eigenvalue weighted by Gasteiger charge is 2.44. The number of hydrogen-bond donors (Lipinski definition) is 1. The Morgan fingerprint density at radius 1 is 1.43 bits per heavy atom. The van der Waals surface area contributed by atoms with Crippen LogP contribution in [0.25, 0.3) is 0 Å². The minimum absolute atomic E-state index is 0.00647. The molecule has 0 fully saturated rings. The van der Waals surface area contributed by atoms with Gasteiger partial charge in [-0.3, -0.25) is 4.79 Å². The van der Waals surface area contributed by atoms with E-state index in [1.165, 1.54) is 12.1 Å². The van der Waals surface area contributed by atoms with Crippen molar-refractivity contribution >= 4 is 5.78 Å². The van der Waals surface area contributed by atoms with Crippen LogP contribution in [0.4, 0.5) is 4.39 Å². The van der Waals surface area contributed by atoms with Crippen LogP contribution < -0.4 is 5.73 Å². The Labute approximate surface area is 134 Å². The molecule has 1 heterocycles. The molecule has 0 saturated heterocycles. The summed E-state index contributed by atoms with van der Waals surface area (Å²) in [6.07, 6.45) is 1.22. The van der Waals surface area contributed by atoms with Gasteiger partial charge in [0, 0.05) is 17.4 Å². The third-order valence-electron chi connectivity index (χ3n) is 4.52. The Morgan fingerprint density at radius 3 is 2.83 bits per heavy atom. The van der Waals surface area contributed by atoms with Gasteiger partial charge in [-0.1, -0.05) is 26.0 Å². The van der Waals surface area contributed by atoms with Crippen molar-refractivity contribution in [1.82, 2.24) is 0 Å². The molecule has 118 valence electrons. The van der Waals surface area contributed by atoms with Crippen LogP contribution in [0.3, 0.4) is 0 Å². The van der Waals surface area contributed by atoms with Crippen molar-refractivity contribution in [3.05, 3.63) is 58.4 Å². The number of carbonyl (C=O) groups excluding carboxylic acids is 1. The maximum atomic E-state index is 13.7. The fraction of sp³-hybridized carbons (Fsp3) is 0.333. The molecule has 1 unspecified atom stereocenters. The normalized spacial score (nSPS) is 23.2. The van der Waals surface area contributed by atoms with Crippen LogP contribution in [-0.2, 0) is 9.53 Å². The van der Waals surface area contributed by atoms with Gasteiger partial charge >= 0.3 is 0 Å². The van der Waals surface area contributed by atoms with Gasteiger partial charge < -0.3 is 10.5 Å². The molecule has 4 nitrogen and oxygen atoms in total. The molecule has 0 saturated carbocycles. The van der Waals surface area contributed by atoms with Crippen molar-refractivity contribution in [2.24, 2.45) is 11.1 Å². The fourth-order valence-corrected chi connectivity index (χ4v) is 3.18. The van der Waals surface area contributed by atoms with Crippen molar-refractivity contribution in [2.75, 3.05) is 0 Å². The highest BCUT2D eigenvalue weighted by Crippen LogP contribution is 2.47. The molecule has 0 spiro atoms. The summed E-state index contributed by atoms with van der Waals surface area (Å²) in [6, 6.07) is 7.94. The van der Waals surface area contributed by atoms with Crippen molar-refractivity contribution in [2.45, 2.75) is 32.6 Å². The molecular weight excluding hydrogens is 295 g/mol. The lowest BCUT2D eigenvalue weighted by atomic mass is 9.68. The smallest absolute Gasteiger partial charge is 0.205 e. The summed E-state index contributed by atoms with van der Waals surface area (Å²) in [7, 11) is 0. The summed E-state index contributed by atoms with van der Waals surface area (Å²) >= 11 is 0. The molecule has 1 aliphatic heterocycles. The molecule has 23 heavy (non-hydrogen) atoms. The van der Waals surface area contributed by atoms with Crippen molar-refractivity contribution in [3.63, 3.8) is 0 Å². The van der Waals surface area contributed by atoms with Crippen LogP contribution >= 0.6 is 0 Å². The minimum Gasteiger partial charge on any atom is -0.444 e.